The van der Waals surface area contributed by atoms with Gasteiger partial charge in [0.15, 0.2) is 0 Å². The predicted molar refractivity (Wildman–Crippen MR) is 215 cm³/mol. The zero-order valence-electron chi connectivity index (χ0n) is 32.9. The Hall–Kier alpha value is -5.45. The number of likely N-dealkylation sites (tertiary alicyclic amines) is 2. The molecule has 11 nitrogen and oxygen atoms in total. The maximum atomic E-state index is 13.7. The largest absolute Gasteiger partial charge is 0.453 e. The zero-order chi connectivity index (χ0) is 39.0. The molecule has 288 valence electrons. The molecule has 0 radical (unpaired) electrons. The van der Waals surface area contributed by atoms with Gasteiger partial charge in [-0.2, -0.15) is 0 Å². The fourth-order valence-corrected chi connectivity index (χ4v) is 8.19. The molecule has 0 unspecified atom stereocenters. The molecule has 0 aliphatic carbocycles. The lowest BCUT2D eigenvalue weighted by molar-refractivity contribution is -0.135. The summed E-state index contributed by atoms with van der Waals surface area (Å²) in [6, 6.07) is 22.4. The third kappa shape index (κ3) is 8.02. The van der Waals surface area contributed by atoms with Crippen LogP contribution in [0.1, 0.15) is 84.5 Å². The maximum Gasteiger partial charge on any atom is 0.407 e. The van der Waals surface area contributed by atoms with E-state index in [1.165, 1.54) is 7.11 Å². The highest BCUT2D eigenvalue weighted by molar-refractivity contribution is 5.87. The van der Waals surface area contributed by atoms with Crippen LogP contribution in [-0.4, -0.2) is 73.9 Å². The van der Waals surface area contributed by atoms with Crippen molar-refractivity contribution in [2.45, 2.75) is 78.9 Å². The third-order valence-electron chi connectivity index (χ3n) is 11.1. The fraction of sp³-hybridized carbons (Fsp3) is 0.432. The summed E-state index contributed by atoms with van der Waals surface area (Å²) in [7, 11) is 1.30. The van der Waals surface area contributed by atoms with Crippen molar-refractivity contribution >= 4 is 28.9 Å². The van der Waals surface area contributed by atoms with Crippen molar-refractivity contribution in [3.05, 3.63) is 84.6 Å². The van der Waals surface area contributed by atoms with Crippen LogP contribution >= 0.6 is 0 Å². The summed E-state index contributed by atoms with van der Waals surface area (Å²) >= 11 is 0. The van der Waals surface area contributed by atoms with Crippen LogP contribution in [0, 0.1) is 23.7 Å². The Bertz CT molecular complexity index is 2150. The van der Waals surface area contributed by atoms with Crippen LogP contribution in [0.5, 0.6) is 0 Å². The van der Waals surface area contributed by atoms with E-state index in [1.807, 2.05) is 29.8 Å². The van der Waals surface area contributed by atoms with E-state index in [4.69, 9.17) is 14.7 Å². The summed E-state index contributed by atoms with van der Waals surface area (Å²) in [6.07, 6.45) is 3.47. The topological polar surface area (TPSA) is 136 Å². The number of amides is 3. The van der Waals surface area contributed by atoms with Gasteiger partial charge in [0.2, 0.25) is 11.8 Å². The van der Waals surface area contributed by atoms with Crippen molar-refractivity contribution < 1.29 is 19.1 Å². The minimum atomic E-state index is -0.685. The average molecular weight is 744 g/mol. The summed E-state index contributed by atoms with van der Waals surface area (Å²) in [4.78, 5) is 59.3. The first-order valence-electron chi connectivity index (χ1n) is 19.6. The van der Waals surface area contributed by atoms with E-state index >= 15 is 0 Å². The SMILES string of the molecule is COC(=O)N[C@H](C(=O)N1C[C@@H](C)C[C@H]1c1ncc(-c2ccc(-c3ccc(-c4ccc5nc([C@@H]6C[C@H](C)CN6C(=O)CC(C)C)[nH]c5c4)cc3)cc2)[nH]1)C(C)C. The van der Waals surface area contributed by atoms with Crippen molar-refractivity contribution in [3.63, 3.8) is 0 Å². The predicted octanol–water partition coefficient (Wildman–Crippen LogP) is 8.53. The van der Waals surface area contributed by atoms with E-state index in [2.05, 4.69) is 110 Å². The van der Waals surface area contributed by atoms with Crippen molar-refractivity contribution in [1.82, 2.24) is 35.1 Å². The number of alkyl carbamates (subject to hydrolysis) is 1. The van der Waals surface area contributed by atoms with Crippen molar-refractivity contribution in [1.29, 1.82) is 0 Å². The monoisotopic (exact) mass is 743 g/mol. The number of imidazole rings is 2. The van der Waals surface area contributed by atoms with E-state index in [9.17, 15) is 14.4 Å². The van der Waals surface area contributed by atoms with E-state index < -0.39 is 12.1 Å². The Morgan fingerprint density at radius 2 is 1.35 bits per heavy atom. The Morgan fingerprint density at radius 3 is 1.95 bits per heavy atom. The van der Waals surface area contributed by atoms with Crippen molar-refractivity contribution in [2.75, 3.05) is 20.2 Å². The Balaban J connectivity index is 1.03. The summed E-state index contributed by atoms with van der Waals surface area (Å²) < 4.78 is 4.78. The maximum absolute atomic E-state index is 13.7. The molecular formula is C44H53N7O4. The fourth-order valence-electron chi connectivity index (χ4n) is 8.19. The Labute approximate surface area is 323 Å². The second kappa shape index (κ2) is 15.7. The molecule has 0 spiro atoms. The van der Waals surface area contributed by atoms with E-state index in [-0.39, 0.29) is 29.8 Å². The summed E-state index contributed by atoms with van der Waals surface area (Å²) in [5.74, 6) is 2.65. The van der Waals surface area contributed by atoms with E-state index in [0.717, 1.165) is 75.6 Å². The second-order valence-electron chi connectivity index (χ2n) is 16.4. The molecule has 11 heteroatoms. The Kier molecular flexibility index (Phi) is 10.8. The minimum absolute atomic E-state index is 0.0175. The number of hydrogen-bond donors (Lipinski definition) is 3. The van der Waals surface area contributed by atoms with Crippen LogP contribution in [0.2, 0.25) is 0 Å². The number of hydrogen-bond acceptors (Lipinski definition) is 6. The van der Waals surface area contributed by atoms with Gasteiger partial charge in [-0.15, -0.1) is 0 Å². The van der Waals surface area contributed by atoms with Crippen molar-refractivity contribution in [2.24, 2.45) is 23.7 Å². The molecule has 2 fully saturated rings. The lowest BCUT2D eigenvalue weighted by Gasteiger charge is -2.30. The number of carbonyl (C=O) groups is 3. The van der Waals surface area contributed by atoms with Gasteiger partial charge in [-0.3, -0.25) is 9.59 Å². The average Bonchev–Trinajstić information content (AvgIpc) is 3.98. The van der Waals surface area contributed by atoms with Gasteiger partial charge in [-0.25, -0.2) is 14.8 Å². The number of aromatic amines is 2. The van der Waals surface area contributed by atoms with Gasteiger partial charge in [-0.1, -0.05) is 96.1 Å². The first-order chi connectivity index (χ1) is 26.4. The number of aromatic nitrogens is 4. The van der Waals surface area contributed by atoms with Crippen LogP contribution < -0.4 is 5.32 Å². The molecule has 55 heavy (non-hydrogen) atoms. The molecule has 2 aromatic heterocycles. The number of carbonyl (C=O) groups excluding carboxylic acids is 3. The van der Waals surface area contributed by atoms with Gasteiger partial charge < -0.3 is 29.8 Å². The van der Waals surface area contributed by atoms with Gasteiger partial charge in [0.05, 0.1) is 42.1 Å². The highest BCUT2D eigenvalue weighted by Gasteiger charge is 2.40. The van der Waals surface area contributed by atoms with Gasteiger partial charge in [0.25, 0.3) is 0 Å². The van der Waals surface area contributed by atoms with Crippen LogP contribution in [-0.2, 0) is 14.3 Å². The molecular weight excluding hydrogens is 691 g/mol. The first kappa shape index (κ1) is 37.8. The van der Waals surface area contributed by atoms with Gasteiger partial charge in [0.1, 0.15) is 17.7 Å². The third-order valence-corrected chi connectivity index (χ3v) is 11.1. The highest BCUT2D eigenvalue weighted by atomic mass is 16.5. The van der Waals surface area contributed by atoms with E-state index in [1.54, 1.807) is 0 Å². The molecule has 2 aliphatic heterocycles. The molecule has 0 saturated carbocycles. The smallest absolute Gasteiger partial charge is 0.407 e. The van der Waals surface area contributed by atoms with Crippen LogP contribution in [0.4, 0.5) is 4.79 Å². The summed E-state index contributed by atoms with van der Waals surface area (Å²) in [5.41, 5.74) is 8.19. The number of methoxy groups -OCH3 is 1. The Morgan fingerprint density at radius 1 is 0.782 bits per heavy atom. The molecule has 2 saturated heterocycles. The molecule has 2 aliphatic rings. The van der Waals surface area contributed by atoms with Crippen molar-refractivity contribution in [3.8, 4) is 33.5 Å². The molecule has 3 amide bonds. The highest BCUT2D eigenvalue weighted by Crippen LogP contribution is 2.38. The number of nitrogens with one attached hydrogen (secondary N) is 3. The van der Waals surface area contributed by atoms with Crippen LogP contribution in [0.25, 0.3) is 44.5 Å². The molecule has 0 bridgehead atoms. The number of benzene rings is 3. The molecule has 3 N–H and O–H groups in total. The normalized spacial score (nSPS) is 20.5. The van der Waals surface area contributed by atoms with Crippen LogP contribution in [0.15, 0.2) is 72.9 Å². The van der Waals surface area contributed by atoms with Gasteiger partial charge >= 0.3 is 6.09 Å². The first-order valence-corrected chi connectivity index (χ1v) is 19.6. The minimum Gasteiger partial charge on any atom is -0.453 e. The number of nitrogens with zero attached hydrogens (tertiary/aromatic N) is 4. The lowest BCUT2D eigenvalue weighted by atomic mass is 9.99. The molecule has 5 atom stereocenters. The lowest BCUT2D eigenvalue weighted by Crippen LogP contribution is -2.51. The number of H-pyrrole nitrogens is 2. The zero-order valence-corrected chi connectivity index (χ0v) is 32.9. The van der Waals surface area contributed by atoms with Crippen LogP contribution in [0.3, 0.4) is 0 Å². The van der Waals surface area contributed by atoms with E-state index in [0.29, 0.717) is 30.7 Å². The number of ether oxygens (including phenoxy) is 1. The molecule has 5 aromatic rings. The second-order valence-corrected chi connectivity index (χ2v) is 16.4. The summed E-state index contributed by atoms with van der Waals surface area (Å²) in [5, 5.41) is 2.72. The molecule has 7 rings (SSSR count). The number of rotatable bonds is 10. The summed E-state index contributed by atoms with van der Waals surface area (Å²) in [6.45, 7) is 13.7. The quantitative estimate of drug-likeness (QED) is 0.131. The molecule has 3 aromatic carbocycles. The van der Waals surface area contributed by atoms with Gasteiger partial charge in [0, 0.05) is 19.5 Å². The standard InChI is InChI=1S/C44H53N7O4/c1-25(2)18-39(52)50-23-27(5)20-38(50)42-46-34-17-16-33(21-35(34)47-42)31-10-8-29(9-11-31)30-12-14-32(15-13-30)36-22-45-41(48-36)37-19-28(6)24-51(37)43(53)40(26(3)4)49-44(54)55-7/h8-17,21-22,25-28,37-38,40H,18-20,23-24H2,1-7H3,(H,45,48)(H,46,47)(H,49,54)/t27-,28-,37-,38-,40-/m0/s1. The number of fused-ring (bicyclic) bond motifs is 1. The molecule has 4 heterocycles. The van der Waals surface area contributed by atoms with Gasteiger partial charge in [-0.05, 0) is 76.5 Å².